The molecule has 0 aliphatic heterocycles. The van der Waals surface area contributed by atoms with Crippen LogP contribution in [0, 0.1) is 5.41 Å². The van der Waals surface area contributed by atoms with Crippen LogP contribution in [0.5, 0.6) is 5.75 Å². The third kappa shape index (κ3) is 5.77. The Morgan fingerprint density at radius 3 is 2.28 bits per heavy atom. The van der Waals surface area contributed by atoms with E-state index in [1.165, 1.54) is 5.39 Å². The molecule has 0 aliphatic rings. The molecule has 2 aromatic carbocycles. The largest absolute Gasteiger partial charge is 0.481 e. The van der Waals surface area contributed by atoms with E-state index in [1.54, 1.807) is 0 Å². The van der Waals surface area contributed by atoms with Gasteiger partial charge in [-0.1, -0.05) is 58.0 Å². The highest BCUT2D eigenvalue weighted by Gasteiger charge is 2.30. The number of ether oxygens (including phenoxy) is 1. The average Bonchev–Trinajstić information content (AvgIpc) is 2.49. The summed E-state index contributed by atoms with van der Waals surface area (Å²) < 4.78 is 6.00. The summed E-state index contributed by atoms with van der Waals surface area (Å²) in [5.41, 5.74) is -0.118. The highest BCUT2D eigenvalue weighted by atomic mass is 16.5. The monoisotopic (exact) mass is 341 g/mol. The second-order valence-electron chi connectivity index (χ2n) is 8.63. The van der Waals surface area contributed by atoms with Crippen LogP contribution in [0.25, 0.3) is 10.8 Å². The summed E-state index contributed by atoms with van der Waals surface area (Å²) >= 11 is 0. The number of nitrogens with one attached hydrogen (secondary N) is 1. The minimum Gasteiger partial charge on any atom is -0.481 e. The summed E-state index contributed by atoms with van der Waals surface area (Å²) in [5.74, 6) is 0.680. The molecule has 0 saturated heterocycles. The lowest BCUT2D eigenvalue weighted by molar-refractivity contribution is -0.130. The van der Waals surface area contributed by atoms with Gasteiger partial charge in [0.1, 0.15) is 5.75 Å². The second kappa shape index (κ2) is 7.47. The van der Waals surface area contributed by atoms with Gasteiger partial charge in [-0.05, 0) is 55.0 Å². The Hall–Kier alpha value is -2.03. The molecule has 136 valence electrons. The number of rotatable bonds is 6. The molecule has 2 rings (SSSR count). The van der Waals surface area contributed by atoms with Gasteiger partial charge in [0.2, 0.25) is 0 Å². The lowest BCUT2D eigenvalue weighted by atomic mass is 9.81. The van der Waals surface area contributed by atoms with E-state index in [9.17, 15) is 4.79 Å². The van der Waals surface area contributed by atoms with Crippen LogP contribution in [0.2, 0.25) is 0 Å². The molecule has 3 nitrogen and oxygen atoms in total. The lowest BCUT2D eigenvalue weighted by Crippen LogP contribution is -2.50. The van der Waals surface area contributed by atoms with E-state index in [0.717, 1.165) is 17.6 Å². The van der Waals surface area contributed by atoms with Crippen molar-refractivity contribution in [1.82, 2.24) is 5.32 Å². The first kappa shape index (κ1) is 19.3. The van der Waals surface area contributed by atoms with Crippen LogP contribution in [0.4, 0.5) is 0 Å². The van der Waals surface area contributed by atoms with Crippen molar-refractivity contribution in [3.63, 3.8) is 0 Å². The van der Waals surface area contributed by atoms with Crippen molar-refractivity contribution in [1.29, 1.82) is 0 Å². The first-order chi connectivity index (χ1) is 11.6. The quantitative estimate of drug-likeness (QED) is 0.771. The standard InChI is InChI=1S/C22H31NO2/c1-7-19(20(24)23-22(5,6)15-21(2,3)4)25-18-13-12-16-10-8-9-11-17(16)14-18/h8-14,19H,7,15H2,1-6H3,(H,23,24)/t19-/m1/s1. The molecule has 1 N–H and O–H groups in total. The number of benzene rings is 2. The third-order valence-corrected chi connectivity index (χ3v) is 4.10. The van der Waals surface area contributed by atoms with E-state index < -0.39 is 6.10 Å². The molecule has 0 spiro atoms. The maximum absolute atomic E-state index is 12.7. The van der Waals surface area contributed by atoms with E-state index in [-0.39, 0.29) is 16.9 Å². The maximum Gasteiger partial charge on any atom is 0.261 e. The predicted octanol–water partition coefficient (Wildman–Crippen LogP) is 5.33. The molecule has 1 atom stereocenters. The van der Waals surface area contributed by atoms with Crippen molar-refractivity contribution >= 4 is 16.7 Å². The molecule has 25 heavy (non-hydrogen) atoms. The van der Waals surface area contributed by atoms with Gasteiger partial charge in [-0.15, -0.1) is 0 Å². The first-order valence-electron chi connectivity index (χ1n) is 9.07. The fourth-order valence-electron chi connectivity index (χ4n) is 3.51. The highest BCUT2D eigenvalue weighted by molar-refractivity contribution is 5.84. The van der Waals surface area contributed by atoms with Crippen molar-refractivity contribution in [2.24, 2.45) is 5.41 Å². The zero-order valence-electron chi connectivity index (χ0n) is 16.3. The van der Waals surface area contributed by atoms with E-state index in [1.807, 2.05) is 37.3 Å². The molecule has 0 radical (unpaired) electrons. The van der Waals surface area contributed by atoms with E-state index in [2.05, 4.69) is 52.1 Å². The fourth-order valence-corrected chi connectivity index (χ4v) is 3.51. The summed E-state index contributed by atoms with van der Waals surface area (Å²) in [6.07, 6.45) is 1.04. The van der Waals surface area contributed by atoms with E-state index in [4.69, 9.17) is 4.74 Å². The van der Waals surface area contributed by atoms with Gasteiger partial charge in [0.15, 0.2) is 6.10 Å². The molecule has 0 saturated carbocycles. The van der Waals surface area contributed by atoms with Gasteiger partial charge in [-0.2, -0.15) is 0 Å². The van der Waals surface area contributed by atoms with Crippen molar-refractivity contribution in [3.05, 3.63) is 42.5 Å². The van der Waals surface area contributed by atoms with Crippen molar-refractivity contribution in [2.45, 2.75) is 66.0 Å². The van der Waals surface area contributed by atoms with Gasteiger partial charge in [-0.25, -0.2) is 0 Å². The van der Waals surface area contributed by atoms with Crippen LogP contribution in [-0.4, -0.2) is 17.6 Å². The molecular weight excluding hydrogens is 310 g/mol. The second-order valence-corrected chi connectivity index (χ2v) is 8.63. The molecule has 0 bridgehead atoms. The summed E-state index contributed by atoms with van der Waals surface area (Å²) in [6, 6.07) is 14.1. The summed E-state index contributed by atoms with van der Waals surface area (Å²) in [4.78, 5) is 12.7. The summed E-state index contributed by atoms with van der Waals surface area (Å²) in [7, 11) is 0. The lowest BCUT2D eigenvalue weighted by Gasteiger charge is -2.34. The predicted molar refractivity (Wildman–Crippen MR) is 105 cm³/mol. The highest BCUT2D eigenvalue weighted by Crippen LogP contribution is 2.27. The Bertz CT molecular complexity index is 728. The van der Waals surface area contributed by atoms with Gasteiger partial charge in [-0.3, -0.25) is 4.79 Å². The maximum atomic E-state index is 12.7. The molecule has 0 unspecified atom stereocenters. The molecule has 1 amide bonds. The van der Waals surface area contributed by atoms with Crippen LogP contribution in [0.15, 0.2) is 42.5 Å². The van der Waals surface area contributed by atoms with Gasteiger partial charge >= 0.3 is 0 Å². The van der Waals surface area contributed by atoms with Crippen LogP contribution in [-0.2, 0) is 4.79 Å². The van der Waals surface area contributed by atoms with E-state index >= 15 is 0 Å². The molecule has 0 fully saturated rings. The minimum absolute atomic E-state index is 0.0510. The normalized spacial score (nSPS) is 13.5. The number of carbonyl (C=O) groups is 1. The third-order valence-electron chi connectivity index (χ3n) is 4.10. The van der Waals surface area contributed by atoms with Gasteiger partial charge in [0.25, 0.3) is 5.91 Å². The van der Waals surface area contributed by atoms with Crippen LogP contribution >= 0.6 is 0 Å². The Morgan fingerprint density at radius 1 is 1.04 bits per heavy atom. The number of hydrogen-bond acceptors (Lipinski definition) is 2. The Labute approximate surface area is 151 Å². The van der Waals surface area contributed by atoms with Crippen molar-refractivity contribution in [3.8, 4) is 5.75 Å². The smallest absolute Gasteiger partial charge is 0.261 e. The van der Waals surface area contributed by atoms with Crippen molar-refractivity contribution in [2.75, 3.05) is 0 Å². The van der Waals surface area contributed by atoms with Crippen LogP contribution in [0.1, 0.15) is 54.4 Å². The number of carbonyl (C=O) groups excluding carboxylic acids is 1. The summed E-state index contributed by atoms with van der Waals surface area (Å²) in [5, 5.41) is 5.44. The Kier molecular flexibility index (Phi) is 5.76. The fraction of sp³-hybridized carbons (Fsp3) is 0.500. The van der Waals surface area contributed by atoms with Crippen LogP contribution in [0.3, 0.4) is 0 Å². The van der Waals surface area contributed by atoms with Gasteiger partial charge in [0.05, 0.1) is 0 Å². The summed E-state index contributed by atoms with van der Waals surface area (Å²) in [6.45, 7) is 12.7. The first-order valence-corrected chi connectivity index (χ1v) is 9.07. The van der Waals surface area contributed by atoms with E-state index in [0.29, 0.717) is 6.42 Å². The number of fused-ring (bicyclic) bond motifs is 1. The zero-order valence-corrected chi connectivity index (χ0v) is 16.3. The average molecular weight is 341 g/mol. The molecule has 3 heteroatoms. The minimum atomic E-state index is -0.486. The SMILES string of the molecule is CC[C@@H](Oc1ccc2ccccc2c1)C(=O)NC(C)(C)CC(C)(C)C. The molecule has 0 heterocycles. The Balaban J connectivity index is 2.08. The zero-order chi connectivity index (χ0) is 18.7. The topological polar surface area (TPSA) is 38.3 Å². The van der Waals surface area contributed by atoms with Gasteiger partial charge in [0, 0.05) is 5.54 Å². The molecule has 2 aromatic rings. The molecule has 0 aromatic heterocycles. The Morgan fingerprint density at radius 2 is 1.68 bits per heavy atom. The number of amides is 1. The van der Waals surface area contributed by atoms with Gasteiger partial charge < -0.3 is 10.1 Å². The molecule has 0 aliphatic carbocycles. The number of hydrogen-bond donors (Lipinski definition) is 1. The van der Waals surface area contributed by atoms with Crippen LogP contribution < -0.4 is 10.1 Å². The molecular formula is C22H31NO2. The van der Waals surface area contributed by atoms with Crippen molar-refractivity contribution < 1.29 is 9.53 Å².